The Morgan fingerprint density at radius 2 is 1.92 bits per heavy atom. The lowest BCUT2D eigenvalue weighted by molar-refractivity contribution is -0.141. The summed E-state index contributed by atoms with van der Waals surface area (Å²) in [5.41, 5.74) is -0.449. The number of carbonyl (C=O) groups excluding carboxylic acids is 1. The molecule has 1 aromatic rings. The number of fused-ring (bicyclic) bond motifs is 1. The summed E-state index contributed by atoms with van der Waals surface area (Å²) in [6.07, 6.45) is 3.77. The zero-order valence-electron chi connectivity index (χ0n) is 15.1. The van der Waals surface area contributed by atoms with Crippen LogP contribution in [0.25, 0.3) is 0 Å². The number of nitrogens with zero attached hydrogens (tertiary/aromatic N) is 4. The monoisotopic (exact) mass is 336 g/mol. The minimum atomic E-state index is -0.449. The number of imidazole rings is 1. The molecule has 7 nitrogen and oxygen atoms in total. The second-order valence-electron chi connectivity index (χ2n) is 7.39. The van der Waals surface area contributed by atoms with Crippen molar-refractivity contribution in [1.82, 2.24) is 19.4 Å². The zero-order chi connectivity index (χ0) is 17.3. The predicted octanol–water partition coefficient (Wildman–Crippen LogP) is 0.597. The van der Waals surface area contributed by atoms with Crippen LogP contribution in [0.4, 0.5) is 0 Å². The quantitative estimate of drug-likeness (QED) is 0.788. The van der Waals surface area contributed by atoms with Crippen LogP contribution in [0.2, 0.25) is 0 Å². The number of ether oxygens (including phenoxy) is 2. The van der Waals surface area contributed by atoms with E-state index in [1.165, 1.54) is 0 Å². The molecule has 134 valence electrons. The third kappa shape index (κ3) is 3.34. The lowest BCUT2D eigenvalue weighted by Crippen LogP contribution is -2.48. The molecule has 0 N–H and O–H groups in total. The Balaban J connectivity index is 1.62. The lowest BCUT2D eigenvalue weighted by Gasteiger charge is -2.36. The zero-order valence-corrected chi connectivity index (χ0v) is 15.1. The Labute approximate surface area is 143 Å². The Bertz CT molecular complexity index is 574. The number of rotatable bonds is 5. The van der Waals surface area contributed by atoms with E-state index in [0.29, 0.717) is 13.1 Å². The van der Waals surface area contributed by atoms with Gasteiger partial charge in [-0.3, -0.25) is 9.69 Å². The van der Waals surface area contributed by atoms with Crippen molar-refractivity contribution in [2.75, 3.05) is 40.4 Å². The fraction of sp³-hybridized carbons (Fsp3) is 0.765. The topological polar surface area (TPSA) is 59.8 Å². The second kappa shape index (κ2) is 6.82. The molecule has 0 radical (unpaired) electrons. The highest BCUT2D eigenvalue weighted by molar-refractivity contribution is 5.82. The fourth-order valence-corrected chi connectivity index (χ4v) is 3.78. The maximum absolute atomic E-state index is 13.0. The molecule has 7 heteroatoms. The summed E-state index contributed by atoms with van der Waals surface area (Å²) in [7, 11) is 3.34. The summed E-state index contributed by atoms with van der Waals surface area (Å²) in [5.74, 6) is 1.24. The summed E-state index contributed by atoms with van der Waals surface area (Å²) in [6.45, 7) is 8.65. The molecular formula is C17H28N4O3. The lowest BCUT2D eigenvalue weighted by atomic mass is 9.90. The molecule has 0 saturated carbocycles. The van der Waals surface area contributed by atoms with Crippen molar-refractivity contribution in [3.63, 3.8) is 0 Å². The first-order valence-electron chi connectivity index (χ1n) is 8.52. The standard InChI is InChI=1S/C17H28N4O3/c1-17(2,12-19-7-8-20-6-5-18-15(20)11-19)16(22)21-9-13(23-3)14(10-21)24-4/h5-6,13-14H,7-12H2,1-4H3/t13-,14+. The van der Waals surface area contributed by atoms with Gasteiger partial charge < -0.3 is 18.9 Å². The van der Waals surface area contributed by atoms with E-state index in [-0.39, 0.29) is 18.1 Å². The average Bonchev–Trinajstić information content (AvgIpc) is 3.19. The molecule has 0 unspecified atom stereocenters. The van der Waals surface area contributed by atoms with Gasteiger partial charge in [0.2, 0.25) is 5.91 Å². The molecule has 1 saturated heterocycles. The first-order valence-corrected chi connectivity index (χ1v) is 8.52. The van der Waals surface area contributed by atoms with E-state index in [2.05, 4.69) is 14.5 Å². The first-order chi connectivity index (χ1) is 11.4. The van der Waals surface area contributed by atoms with Gasteiger partial charge in [-0.2, -0.15) is 0 Å². The van der Waals surface area contributed by atoms with Gasteiger partial charge in [0, 0.05) is 59.3 Å². The van der Waals surface area contributed by atoms with Crippen LogP contribution in [-0.2, 0) is 27.4 Å². The smallest absolute Gasteiger partial charge is 0.229 e. The van der Waals surface area contributed by atoms with Gasteiger partial charge in [0.1, 0.15) is 18.0 Å². The molecular weight excluding hydrogens is 308 g/mol. The number of hydrogen-bond acceptors (Lipinski definition) is 5. The summed E-state index contributed by atoms with van der Waals surface area (Å²) < 4.78 is 13.1. The summed E-state index contributed by atoms with van der Waals surface area (Å²) in [5, 5.41) is 0. The molecule has 0 aliphatic carbocycles. The predicted molar refractivity (Wildman–Crippen MR) is 89.5 cm³/mol. The van der Waals surface area contributed by atoms with Crippen molar-refractivity contribution < 1.29 is 14.3 Å². The number of aromatic nitrogens is 2. The van der Waals surface area contributed by atoms with E-state index in [1.54, 1.807) is 14.2 Å². The SMILES string of the molecule is CO[C@H]1CN(C(=O)C(C)(C)CN2CCn3ccnc3C2)C[C@H]1OC. The summed E-state index contributed by atoms with van der Waals surface area (Å²) in [4.78, 5) is 21.6. The molecule has 24 heavy (non-hydrogen) atoms. The Hall–Kier alpha value is -1.44. The molecule has 3 heterocycles. The van der Waals surface area contributed by atoms with Crippen LogP contribution in [0.15, 0.2) is 12.4 Å². The highest BCUT2D eigenvalue weighted by Gasteiger charge is 2.41. The highest BCUT2D eigenvalue weighted by Crippen LogP contribution is 2.26. The minimum Gasteiger partial charge on any atom is -0.377 e. The van der Waals surface area contributed by atoms with Gasteiger partial charge in [-0.15, -0.1) is 0 Å². The van der Waals surface area contributed by atoms with Gasteiger partial charge in [0.25, 0.3) is 0 Å². The van der Waals surface area contributed by atoms with Crippen LogP contribution in [0.1, 0.15) is 19.7 Å². The van der Waals surface area contributed by atoms with E-state index >= 15 is 0 Å². The highest BCUT2D eigenvalue weighted by atomic mass is 16.5. The third-order valence-corrected chi connectivity index (χ3v) is 5.13. The van der Waals surface area contributed by atoms with E-state index < -0.39 is 5.41 Å². The number of hydrogen-bond donors (Lipinski definition) is 0. The van der Waals surface area contributed by atoms with E-state index in [9.17, 15) is 4.79 Å². The maximum Gasteiger partial charge on any atom is 0.229 e. The molecule has 1 aromatic heterocycles. The molecule has 1 fully saturated rings. The molecule has 2 aliphatic rings. The van der Waals surface area contributed by atoms with Gasteiger partial charge in [0.05, 0.1) is 12.0 Å². The van der Waals surface area contributed by atoms with Crippen LogP contribution in [0.3, 0.4) is 0 Å². The van der Waals surface area contributed by atoms with Gasteiger partial charge in [-0.25, -0.2) is 4.98 Å². The largest absolute Gasteiger partial charge is 0.377 e. The van der Waals surface area contributed by atoms with E-state index in [4.69, 9.17) is 9.47 Å². The Kier molecular flexibility index (Phi) is 4.94. The van der Waals surface area contributed by atoms with Gasteiger partial charge in [-0.05, 0) is 13.8 Å². The number of likely N-dealkylation sites (tertiary alicyclic amines) is 1. The molecule has 0 spiro atoms. The molecule has 0 aromatic carbocycles. The molecule has 3 rings (SSSR count). The van der Waals surface area contributed by atoms with Gasteiger partial charge in [-0.1, -0.05) is 0 Å². The van der Waals surface area contributed by atoms with Crippen LogP contribution in [-0.4, -0.2) is 77.9 Å². The average molecular weight is 336 g/mol. The molecule has 2 atom stereocenters. The van der Waals surface area contributed by atoms with E-state index in [1.807, 2.05) is 31.1 Å². The van der Waals surface area contributed by atoms with Crippen molar-refractivity contribution in [3.05, 3.63) is 18.2 Å². The molecule has 2 aliphatic heterocycles. The minimum absolute atomic E-state index is 0.0442. The van der Waals surface area contributed by atoms with Crippen LogP contribution in [0.5, 0.6) is 0 Å². The van der Waals surface area contributed by atoms with Crippen molar-refractivity contribution in [2.45, 2.75) is 39.1 Å². The number of carbonyl (C=O) groups is 1. The normalized spacial score (nSPS) is 25.1. The first kappa shape index (κ1) is 17.4. The Morgan fingerprint density at radius 1 is 1.25 bits per heavy atom. The second-order valence-corrected chi connectivity index (χ2v) is 7.39. The van der Waals surface area contributed by atoms with Crippen molar-refractivity contribution in [3.8, 4) is 0 Å². The number of methoxy groups -OCH3 is 2. The van der Waals surface area contributed by atoms with E-state index in [0.717, 1.165) is 32.0 Å². The van der Waals surface area contributed by atoms with Crippen molar-refractivity contribution in [2.24, 2.45) is 5.41 Å². The Morgan fingerprint density at radius 3 is 2.54 bits per heavy atom. The van der Waals surface area contributed by atoms with Crippen molar-refractivity contribution >= 4 is 5.91 Å². The van der Waals surface area contributed by atoms with Crippen molar-refractivity contribution in [1.29, 1.82) is 0 Å². The maximum atomic E-state index is 13.0. The van der Waals surface area contributed by atoms with Gasteiger partial charge >= 0.3 is 0 Å². The summed E-state index contributed by atoms with van der Waals surface area (Å²) in [6, 6.07) is 0. The third-order valence-electron chi connectivity index (χ3n) is 5.13. The van der Waals surface area contributed by atoms with Crippen LogP contribution < -0.4 is 0 Å². The van der Waals surface area contributed by atoms with Gasteiger partial charge in [0.15, 0.2) is 0 Å². The summed E-state index contributed by atoms with van der Waals surface area (Å²) >= 11 is 0. The van der Waals surface area contributed by atoms with Crippen LogP contribution in [0, 0.1) is 5.41 Å². The van der Waals surface area contributed by atoms with Crippen LogP contribution >= 0.6 is 0 Å². The number of amides is 1. The fourth-order valence-electron chi connectivity index (χ4n) is 3.78. The molecule has 1 amide bonds. The molecule has 0 bridgehead atoms.